The van der Waals surface area contributed by atoms with Crippen LogP contribution in [0.3, 0.4) is 0 Å². The molecule has 26 heavy (non-hydrogen) atoms. The van der Waals surface area contributed by atoms with E-state index in [0.717, 1.165) is 36.5 Å². The van der Waals surface area contributed by atoms with Gasteiger partial charge >= 0.3 is 0 Å². The molecule has 0 aliphatic carbocycles. The predicted octanol–water partition coefficient (Wildman–Crippen LogP) is 3.56. The number of morpholine rings is 1. The minimum atomic E-state index is -0.228. The van der Waals surface area contributed by atoms with Crippen LogP contribution in [0.4, 0.5) is 11.4 Å². The second-order valence-corrected chi connectivity index (χ2v) is 6.68. The number of rotatable bonds is 5. The first-order valence-electron chi connectivity index (χ1n) is 8.27. The Morgan fingerprint density at radius 2 is 1.73 bits per heavy atom. The lowest BCUT2D eigenvalue weighted by atomic mass is 10.1. The molecule has 0 bridgehead atoms. The largest absolute Gasteiger partial charge is 0.497 e. The van der Waals surface area contributed by atoms with Gasteiger partial charge in [-0.3, -0.25) is 4.79 Å². The molecule has 0 unspecified atom stereocenters. The highest BCUT2D eigenvalue weighted by molar-refractivity contribution is 9.10. The Morgan fingerprint density at radius 1 is 1.08 bits per heavy atom. The highest BCUT2D eigenvalue weighted by Gasteiger charge is 2.15. The summed E-state index contributed by atoms with van der Waals surface area (Å²) in [6.45, 7) is 3.16. The summed E-state index contributed by atoms with van der Waals surface area (Å²) in [5.41, 5.74) is 2.27. The standard InChI is InChI=1S/C19H21BrN2O4/c1-24-15-9-13(10-16(12-15)25-2)19(23)21-14-3-4-18(17(20)11-14)22-5-7-26-8-6-22/h3-4,9-12H,5-8H2,1-2H3,(H,21,23). The minimum Gasteiger partial charge on any atom is -0.497 e. The van der Waals surface area contributed by atoms with E-state index in [9.17, 15) is 4.79 Å². The number of nitrogens with one attached hydrogen (secondary N) is 1. The van der Waals surface area contributed by atoms with Crippen molar-refractivity contribution in [3.8, 4) is 11.5 Å². The second kappa shape index (κ2) is 8.42. The molecular formula is C19H21BrN2O4. The number of hydrogen-bond acceptors (Lipinski definition) is 5. The van der Waals surface area contributed by atoms with Gasteiger partial charge in [0.1, 0.15) is 11.5 Å². The van der Waals surface area contributed by atoms with Crippen molar-refractivity contribution < 1.29 is 19.0 Å². The van der Waals surface area contributed by atoms with E-state index in [1.165, 1.54) is 0 Å². The molecule has 1 saturated heterocycles. The lowest BCUT2D eigenvalue weighted by Gasteiger charge is -2.29. The number of nitrogens with zero attached hydrogens (tertiary/aromatic N) is 1. The van der Waals surface area contributed by atoms with Crippen LogP contribution >= 0.6 is 15.9 Å². The fraction of sp³-hybridized carbons (Fsp3) is 0.316. The van der Waals surface area contributed by atoms with E-state index in [2.05, 4.69) is 26.1 Å². The maximum absolute atomic E-state index is 12.6. The molecular weight excluding hydrogens is 400 g/mol. The van der Waals surface area contributed by atoms with Crippen LogP contribution in [0, 0.1) is 0 Å². The number of benzene rings is 2. The van der Waals surface area contributed by atoms with Crippen LogP contribution in [0.5, 0.6) is 11.5 Å². The van der Waals surface area contributed by atoms with Crippen molar-refractivity contribution in [1.82, 2.24) is 0 Å². The number of carbonyl (C=O) groups is 1. The van der Waals surface area contributed by atoms with Crippen molar-refractivity contribution in [3.05, 3.63) is 46.4 Å². The van der Waals surface area contributed by atoms with Crippen molar-refractivity contribution in [2.24, 2.45) is 0 Å². The third kappa shape index (κ3) is 4.28. The summed E-state index contributed by atoms with van der Waals surface area (Å²) in [4.78, 5) is 14.8. The van der Waals surface area contributed by atoms with Gasteiger partial charge in [0, 0.05) is 34.9 Å². The Labute approximate surface area is 161 Å². The molecule has 2 aromatic carbocycles. The fourth-order valence-corrected chi connectivity index (χ4v) is 3.42. The van der Waals surface area contributed by atoms with Crippen LogP contribution in [0.1, 0.15) is 10.4 Å². The van der Waals surface area contributed by atoms with Gasteiger partial charge in [0.25, 0.3) is 5.91 Å². The Bertz CT molecular complexity index is 769. The Balaban J connectivity index is 1.76. The summed E-state index contributed by atoms with van der Waals surface area (Å²) in [6, 6.07) is 10.9. The van der Waals surface area contributed by atoms with Crippen molar-refractivity contribution in [2.75, 3.05) is 50.7 Å². The lowest BCUT2D eigenvalue weighted by molar-refractivity contribution is 0.102. The van der Waals surface area contributed by atoms with Gasteiger partial charge in [-0.25, -0.2) is 0 Å². The van der Waals surface area contributed by atoms with Crippen molar-refractivity contribution in [2.45, 2.75) is 0 Å². The van der Waals surface area contributed by atoms with Crippen LogP contribution < -0.4 is 19.7 Å². The van der Waals surface area contributed by atoms with Gasteiger partial charge in [0.2, 0.25) is 0 Å². The quantitative estimate of drug-likeness (QED) is 0.800. The number of carbonyl (C=O) groups excluding carboxylic acids is 1. The number of ether oxygens (including phenoxy) is 3. The summed E-state index contributed by atoms with van der Waals surface area (Å²) >= 11 is 3.60. The second-order valence-electron chi connectivity index (χ2n) is 5.82. The third-order valence-electron chi connectivity index (χ3n) is 4.17. The van der Waals surface area contributed by atoms with E-state index in [1.807, 2.05) is 18.2 Å². The molecule has 0 radical (unpaired) electrons. The minimum absolute atomic E-state index is 0.228. The Morgan fingerprint density at radius 3 is 2.31 bits per heavy atom. The average molecular weight is 421 g/mol. The van der Waals surface area contributed by atoms with E-state index in [0.29, 0.717) is 22.7 Å². The zero-order valence-corrected chi connectivity index (χ0v) is 16.3. The topological polar surface area (TPSA) is 60.0 Å². The summed E-state index contributed by atoms with van der Waals surface area (Å²) in [5, 5.41) is 2.91. The smallest absolute Gasteiger partial charge is 0.255 e. The van der Waals surface area contributed by atoms with Gasteiger partial charge in [0.15, 0.2) is 0 Å². The number of anilines is 2. The van der Waals surface area contributed by atoms with Crippen LogP contribution in [0.15, 0.2) is 40.9 Å². The summed E-state index contributed by atoms with van der Waals surface area (Å²) in [7, 11) is 3.11. The molecule has 1 heterocycles. The van der Waals surface area contributed by atoms with E-state index in [-0.39, 0.29) is 5.91 Å². The molecule has 0 spiro atoms. The van der Waals surface area contributed by atoms with Gasteiger partial charge < -0.3 is 24.4 Å². The predicted molar refractivity (Wildman–Crippen MR) is 105 cm³/mol. The van der Waals surface area contributed by atoms with E-state index < -0.39 is 0 Å². The maximum Gasteiger partial charge on any atom is 0.255 e. The van der Waals surface area contributed by atoms with Crippen molar-refractivity contribution in [3.63, 3.8) is 0 Å². The average Bonchev–Trinajstić information content (AvgIpc) is 2.68. The van der Waals surface area contributed by atoms with Crippen molar-refractivity contribution >= 4 is 33.2 Å². The van der Waals surface area contributed by atoms with Gasteiger partial charge in [0.05, 0.1) is 33.1 Å². The SMILES string of the molecule is COc1cc(OC)cc(C(=O)Nc2ccc(N3CCOCC3)c(Br)c2)c1. The first-order chi connectivity index (χ1) is 12.6. The maximum atomic E-state index is 12.6. The van der Waals surface area contributed by atoms with Gasteiger partial charge in [-0.2, -0.15) is 0 Å². The molecule has 3 rings (SSSR count). The molecule has 1 N–H and O–H groups in total. The normalized spacial score (nSPS) is 14.0. The molecule has 1 amide bonds. The molecule has 1 aliphatic heterocycles. The highest BCUT2D eigenvalue weighted by Crippen LogP contribution is 2.30. The molecule has 1 aliphatic rings. The summed E-state index contributed by atoms with van der Waals surface area (Å²) in [5.74, 6) is 0.907. The van der Waals surface area contributed by atoms with E-state index >= 15 is 0 Å². The third-order valence-corrected chi connectivity index (χ3v) is 4.81. The van der Waals surface area contributed by atoms with Crippen LogP contribution in [-0.4, -0.2) is 46.4 Å². The zero-order chi connectivity index (χ0) is 18.5. The first kappa shape index (κ1) is 18.5. The van der Waals surface area contributed by atoms with Gasteiger partial charge in [-0.05, 0) is 46.3 Å². The number of halogens is 1. The van der Waals surface area contributed by atoms with Crippen molar-refractivity contribution in [1.29, 1.82) is 0 Å². The Kier molecular flexibility index (Phi) is 6.00. The van der Waals surface area contributed by atoms with Gasteiger partial charge in [-0.15, -0.1) is 0 Å². The highest BCUT2D eigenvalue weighted by atomic mass is 79.9. The molecule has 7 heteroatoms. The van der Waals surface area contributed by atoms with Gasteiger partial charge in [-0.1, -0.05) is 0 Å². The monoisotopic (exact) mass is 420 g/mol. The Hall–Kier alpha value is -2.25. The molecule has 0 saturated carbocycles. The molecule has 6 nitrogen and oxygen atoms in total. The van der Waals surface area contributed by atoms with E-state index in [1.54, 1.807) is 32.4 Å². The zero-order valence-electron chi connectivity index (χ0n) is 14.8. The lowest BCUT2D eigenvalue weighted by Crippen LogP contribution is -2.36. The summed E-state index contributed by atoms with van der Waals surface area (Å²) < 4.78 is 16.8. The van der Waals surface area contributed by atoms with E-state index in [4.69, 9.17) is 14.2 Å². The molecule has 0 atom stereocenters. The fourth-order valence-electron chi connectivity index (χ4n) is 2.79. The number of amides is 1. The molecule has 138 valence electrons. The number of methoxy groups -OCH3 is 2. The van der Waals surface area contributed by atoms with Crippen LogP contribution in [0.2, 0.25) is 0 Å². The molecule has 0 aromatic heterocycles. The number of hydrogen-bond donors (Lipinski definition) is 1. The summed E-state index contributed by atoms with van der Waals surface area (Å²) in [6.07, 6.45) is 0. The van der Waals surface area contributed by atoms with Crippen LogP contribution in [-0.2, 0) is 4.74 Å². The van der Waals surface area contributed by atoms with Crippen LogP contribution in [0.25, 0.3) is 0 Å². The first-order valence-corrected chi connectivity index (χ1v) is 9.06. The molecule has 2 aromatic rings. The molecule has 1 fully saturated rings.